The molecule has 0 aromatic heterocycles. The largest absolute Gasteiger partial charge is 0.298 e. The fraction of sp³-hybridized carbons (Fsp3) is 0.308. The zero-order chi connectivity index (χ0) is 12.8. The second kappa shape index (κ2) is 7.05. The Labute approximate surface area is 116 Å². The van der Waals surface area contributed by atoms with Gasteiger partial charge in [-0.25, -0.2) is 0 Å². The highest BCUT2D eigenvalue weighted by Crippen LogP contribution is 2.33. The average molecular weight is 292 g/mol. The molecule has 0 aliphatic rings. The number of hydrogen-bond acceptors (Lipinski definition) is 1. The zero-order valence-corrected chi connectivity index (χ0v) is 11.7. The first-order valence-electron chi connectivity index (χ1n) is 5.39. The maximum atomic E-state index is 10.9. The van der Waals surface area contributed by atoms with Gasteiger partial charge in [0.15, 0.2) is 0 Å². The third-order valence-corrected chi connectivity index (χ3v) is 3.68. The normalized spacial score (nSPS) is 11.6. The molecule has 1 rings (SSSR count). The van der Waals surface area contributed by atoms with E-state index < -0.39 is 0 Å². The fourth-order valence-corrected chi connectivity index (χ4v) is 2.00. The Kier molecular flexibility index (Phi) is 6.04. The molecule has 0 radical (unpaired) electrons. The Bertz CT molecular complexity index is 439. The number of allylic oxidation sites excluding steroid dienone is 1. The van der Waals surface area contributed by atoms with Crippen molar-refractivity contribution >= 4 is 47.2 Å². The van der Waals surface area contributed by atoms with Crippen molar-refractivity contribution in [3.63, 3.8) is 0 Å². The molecule has 0 aliphatic heterocycles. The molecule has 4 heteroatoms. The van der Waals surface area contributed by atoms with E-state index in [2.05, 4.69) is 6.92 Å². The van der Waals surface area contributed by atoms with Crippen LogP contribution in [0, 0.1) is 0 Å². The third-order valence-electron chi connectivity index (χ3n) is 2.38. The van der Waals surface area contributed by atoms with Gasteiger partial charge in [-0.1, -0.05) is 54.2 Å². The molecule has 0 spiro atoms. The molecule has 1 nitrogen and oxygen atoms in total. The van der Waals surface area contributed by atoms with Gasteiger partial charge in [0.2, 0.25) is 0 Å². The first kappa shape index (κ1) is 14.6. The molecule has 0 saturated heterocycles. The smallest absolute Gasteiger partial charge is 0.146 e. The van der Waals surface area contributed by atoms with Gasteiger partial charge >= 0.3 is 0 Å². The highest BCUT2D eigenvalue weighted by atomic mass is 35.5. The average Bonchev–Trinajstić information content (AvgIpc) is 2.34. The summed E-state index contributed by atoms with van der Waals surface area (Å²) in [4.78, 5) is 10.9. The SMILES string of the molecule is CCCCC(C=O)=Cc1ccc(Cl)c(Cl)c1Cl. The molecule has 0 bridgehead atoms. The van der Waals surface area contributed by atoms with Gasteiger partial charge < -0.3 is 0 Å². The minimum atomic E-state index is 0.322. The van der Waals surface area contributed by atoms with Gasteiger partial charge in [-0.2, -0.15) is 0 Å². The maximum Gasteiger partial charge on any atom is 0.146 e. The van der Waals surface area contributed by atoms with Crippen molar-refractivity contribution < 1.29 is 4.79 Å². The van der Waals surface area contributed by atoms with Crippen LogP contribution in [0.25, 0.3) is 6.08 Å². The van der Waals surface area contributed by atoms with Crippen molar-refractivity contribution in [1.29, 1.82) is 0 Å². The zero-order valence-electron chi connectivity index (χ0n) is 9.47. The van der Waals surface area contributed by atoms with Gasteiger partial charge in [-0.15, -0.1) is 0 Å². The van der Waals surface area contributed by atoms with Crippen LogP contribution >= 0.6 is 34.8 Å². The first-order valence-corrected chi connectivity index (χ1v) is 6.52. The van der Waals surface area contributed by atoms with Crippen LogP contribution in [0.1, 0.15) is 31.7 Å². The van der Waals surface area contributed by atoms with E-state index >= 15 is 0 Å². The van der Waals surface area contributed by atoms with E-state index in [1.54, 1.807) is 18.2 Å². The topological polar surface area (TPSA) is 17.1 Å². The van der Waals surface area contributed by atoms with Crippen molar-refractivity contribution in [2.75, 3.05) is 0 Å². The van der Waals surface area contributed by atoms with Crippen LogP contribution in [0.4, 0.5) is 0 Å². The number of carbonyl (C=O) groups is 1. The van der Waals surface area contributed by atoms with E-state index in [0.29, 0.717) is 20.6 Å². The van der Waals surface area contributed by atoms with E-state index in [1.807, 2.05) is 0 Å². The Morgan fingerprint density at radius 2 is 1.94 bits per heavy atom. The second-order valence-electron chi connectivity index (χ2n) is 3.71. The summed E-state index contributed by atoms with van der Waals surface area (Å²) in [6.07, 6.45) is 5.38. The van der Waals surface area contributed by atoms with Crippen LogP contribution in [-0.2, 0) is 4.79 Å². The number of unbranched alkanes of at least 4 members (excludes halogenated alkanes) is 1. The van der Waals surface area contributed by atoms with Crippen LogP contribution in [0.5, 0.6) is 0 Å². The van der Waals surface area contributed by atoms with Crippen molar-refractivity contribution in [1.82, 2.24) is 0 Å². The van der Waals surface area contributed by atoms with Gasteiger partial charge in [0, 0.05) is 0 Å². The summed E-state index contributed by atoms with van der Waals surface area (Å²) in [5, 5.41) is 1.12. The van der Waals surface area contributed by atoms with Crippen LogP contribution in [-0.4, -0.2) is 6.29 Å². The van der Waals surface area contributed by atoms with Crippen LogP contribution in [0.15, 0.2) is 17.7 Å². The Balaban J connectivity index is 3.03. The number of rotatable bonds is 5. The lowest BCUT2D eigenvalue weighted by Crippen LogP contribution is -1.87. The Morgan fingerprint density at radius 3 is 2.53 bits per heavy atom. The number of halogens is 3. The molecule has 0 aliphatic carbocycles. The van der Waals surface area contributed by atoms with Gasteiger partial charge in [0.05, 0.1) is 15.1 Å². The molecule has 0 atom stereocenters. The summed E-state index contributed by atoms with van der Waals surface area (Å²) in [5.74, 6) is 0. The van der Waals surface area contributed by atoms with Crippen molar-refractivity contribution in [3.8, 4) is 0 Å². The molecule has 0 fully saturated rings. The van der Waals surface area contributed by atoms with Crippen LogP contribution in [0.3, 0.4) is 0 Å². The summed E-state index contributed by atoms with van der Waals surface area (Å²) in [6, 6.07) is 3.43. The minimum Gasteiger partial charge on any atom is -0.298 e. The standard InChI is InChI=1S/C13H13Cl3O/c1-2-3-4-9(8-17)7-10-5-6-11(14)13(16)12(10)15/h5-8H,2-4H2,1H3. The lowest BCUT2D eigenvalue weighted by Gasteiger charge is -2.04. The van der Waals surface area contributed by atoms with E-state index in [1.165, 1.54) is 0 Å². The predicted octanol–water partition coefficient (Wildman–Crippen LogP) is 5.42. The lowest BCUT2D eigenvalue weighted by molar-refractivity contribution is -0.105. The van der Waals surface area contributed by atoms with Gasteiger partial charge in [-0.05, 0) is 36.1 Å². The lowest BCUT2D eigenvalue weighted by atomic mass is 10.1. The summed E-state index contributed by atoms with van der Waals surface area (Å²) in [7, 11) is 0. The van der Waals surface area contributed by atoms with E-state index in [0.717, 1.165) is 31.1 Å². The molecular weight excluding hydrogens is 279 g/mol. The number of benzene rings is 1. The fourth-order valence-electron chi connectivity index (χ4n) is 1.40. The van der Waals surface area contributed by atoms with Gasteiger partial charge in [-0.3, -0.25) is 4.79 Å². The van der Waals surface area contributed by atoms with Crippen LogP contribution in [0.2, 0.25) is 15.1 Å². The predicted molar refractivity (Wildman–Crippen MR) is 75.0 cm³/mol. The van der Waals surface area contributed by atoms with E-state index in [4.69, 9.17) is 34.8 Å². The number of carbonyl (C=O) groups excluding carboxylic acids is 1. The monoisotopic (exact) mass is 290 g/mol. The highest BCUT2D eigenvalue weighted by Gasteiger charge is 2.07. The van der Waals surface area contributed by atoms with Crippen LogP contribution < -0.4 is 0 Å². The second-order valence-corrected chi connectivity index (χ2v) is 4.87. The Morgan fingerprint density at radius 1 is 1.24 bits per heavy atom. The molecule has 1 aromatic rings. The van der Waals surface area contributed by atoms with Gasteiger partial charge in [0.1, 0.15) is 6.29 Å². The number of aldehydes is 1. The molecule has 92 valence electrons. The molecular formula is C13H13Cl3O. The maximum absolute atomic E-state index is 10.9. The number of hydrogen-bond donors (Lipinski definition) is 0. The molecule has 0 heterocycles. The Hall–Kier alpha value is -0.500. The molecule has 0 unspecified atom stereocenters. The van der Waals surface area contributed by atoms with E-state index in [-0.39, 0.29) is 0 Å². The molecule has 1 aromatic carbocycles. The quantitative estimate of drug-likeness (QED) is 0.402. The minimum absolute atomic E-state index is 0.322. The molecule has 17 heavy (non-hydrogen) atoms. The van der Waals surface area contributed by atoms with Crippen molar-refractivity contribution in [2.24, 2.45) is 0 Å². The highest BCUT2D eigenvalue weighted by molar-refractivity contribution is 6.48. The van der Waals surface area contributed by atoms with Crippen molar-refractivity contribution in [2.45, 2.75) is 26.2 Å². The summed E-state index contributed by atoms with van der Waals surface area (Å²) in [5.41, 5.74) is 1.44. The first-order chi connectivity index (χ1) is 8.10. The summed E-state index contributed by atoms with van der Waals surface area (Å²) < 4.78 is 0. The summed E-state index contributed by atoms with van der Waals surface area (Å²) >= 11 is 17.8. The summed E-state index contributed by atoms with van der Waals surface area (Å²) in [6.45, 7) is 2.08. The molecule has 0 amide bonds. The van der Waals surface area contributed by atoms with Gasteiger partial charge in [0.25, 0.3) is 0 Å². The molecule has 0 N–H and O–H groups in total. The molecule has 0 saturated carbocycles. The van der Waals surface area contributed by atoms with Crippen molar-refractivity contribution in [3.05, 3.63) is 38.3 Å². The third kappa shape index (κ3) is 4.02. The van der Waals surface area contributed by atoms with E-state index in [9.17, 15) is 4.79 Å².